The molecule has 0 aromatic carbocycles. The fourth-order valence-electron chi connectivity index (χ4n) is 0.829. The van der Waals surface area contributed by atoms with E-state index in [0.29, 0.717) is 6.67 Å². The topological polar surface area (TPSA) is 40.4 Å². The molecule has 0 aromatic rings. The lowest BCUT2D eigenvalue weighted by Gasteiger charge is -2.05. The monoisotopic (exact) mass is 240 g/mol. The van der Waals surface area contributed by atoms with Crippen LogP contribution < -0.4 is 12.4 Å². The van der Waals surface area contributed by atoms with Crippen LogP contribution in [0.1, 0.15) is 0 Å². The van der Waals surface area contributed by atoms with Gasteiger partial charge in [0.15, 0.2) is 22.7 Å². The van der Waals surface area contributed by atoms with Crippen LogP contribution in [0.25, 0.3) is 0 Å². The molecule has 0 spiro atoms. The Morgan fingerprint density at radius 1 is 1.50 bits per heavy atom. The molecule has 0 amide bonds. The lowest BCUT2D eigenvalue weighted by atomic mass is 10.6. The van der Waals surface area contributed by atoms with Crippen molar-refractivity contribution >= 4 is 16.1 Å². The van der Waals surface area contributed by atoms with Crippen molar-refractivity contribution in [2.24, 2.45) is 0 Å². The third-order valence-corrected chi connectivity index (χ3v) is 2.40. The van der Waals surface area contributed by atoms with Crippen LogP contribution in [-0.4, -0.2) is 58.2 Å². The molecule has 0 atom stereocenters. The number of halogens is 1. The first-order valence-electron chi connectivity index (χ1n) is 3.82. The second kappa shape index (κ2) is 6.16. The lowest BCUT2D eigenvalue weighted by molar-refractivity contribution is -0.512. The highest BCUT2D eigenvalue weighted by molar-refractivity contribution is 7.95. The van der Waals surface area contributed by atoms with Crippen LogP contribution in [0.3, 0.4) is 0 Å². The number of nitrogens with zero attached hydrogens (tertiary/aromatic N) is 2. The maximum Gasteiger partial charge on any atom is 0.198 e. The van der Waals surface area contributed by atoms with Crippen LogP contribution in [0.4, 0.5) is 0 Å². The van der Waals surface area contributed by atoms with Gasteiger partial charge >= 0.3 is 0 Å². The number of sulfone groups is 1. The van der Waals surface area contributed by atoms with Crippen LogP contribution >= 0.6 is 0 Å². The Hall–Kier alpha value is -0.390. The molecule has 0 aliphatic rings. The van der Waals surface area contributed by atoms with E-state index in [0.717, 1.165) is 6.26 Å². The fraction of sp³-hybridized carbons (Fsp3) is 0.625. The quantitative estimate of drug-likeness (QED) is 0.295. The van der Waals surface area contributed by atoms with Gasteiger partial charge in [0.25, 0.3) is 0 Å². The zero-order valence-electron chi connectivity index (χ0n) is 8.99. The zero-order valence-corrected chi connectivity index (χ0v) is 10.6. The summed E-state index contributed by atoms with van der Waals surface area (Å²) in [5.74, 6) is 0. The minimum atomic E-state index is -3.14. The average Bonchev–Trinajstić information content (AvgIpc) is 1.82. The van der Waals surface area contributed by atoms with E-state index in [1.54, 1.807) is 11.6 Å². The van der Waals surface area contributed by atoms with Gasteiger partial charge in [-0.25, -0.2) is 13.0 Å². The van der Waals surface area contributed by atoms with Gasteiger partial charge in [-0.05, 0) is 14.1 Å². The molecule has 0 aliphatic heterocycles. The molecule has 84 valence electrons. The van der Waals surface area contributed by atoms with Gasteiger partial charge in [-0.1, -0.05) is 6.58 Å². The predicted molar refractivity (Wildman–Crippen MR) is 54.8 cm³/mol. The first-order valence-corrected chi connectivity index (χ1v) is 5.71. The van der Waals surface area contributed by atoms with Crippen molar-refractivity contribution in [2.45, 2.75) is 0 Å². The summed E-state index contributed by atoms with van der Waals surface area (Å²) in [6.07, 6.45) is 2.67. The van der Waals surface area contributed by atoms with Crippen LogP contribution in [0.15, 0.2) is 11.5 Å². The predicted octanol–water partition coefficient (Wildman–Crippen LogP) is -3.22. The molecule has 0 fully saturated rings. The number of allylic oxidation sites excluding steroid dienone is 1. The highest BCUT2D eigenvalue weighted by Crippen LogP contribution is 1.95. The lowest BCUT2D eigenvalue weighted by Crippen LogP contribution is -3.00. The Morgan fingerprint density at radius 3 is 2.21 bits per heavy atom. The standard InChI is InChI=1S/C8H17N2O2S.ClH/c1-8(13(5,11)12)6-10(4)7-9(2)3;/h6H,1,7H2,2-5H3;1H/q+1;/p-1/b10-6-;. The van der Waals surface area contributed by atoms with Gasteiger partial charge < -0.3 is 12.4 Å². The molecular formula is C8H17ClN2O2S. The van der Waals surface area contributed by atoms with E-state index in [1.807, 2.05) is 19.0 Å². The molecule has 0 radical (unpaired) electrons. The Bertz CT molecular complexity index is 320. The summed E-state index contributed by atoms with van der Waals surface area (Å²) >= 11 is 0. The van der Waals surface area contributed by atoms with E-state index in [1.165, 1.54) is 6.21 Å². The summed E-state index contributed by atoms with van der Waals surface area (Å²) in [5, 5.41) is 0. The van der Waals surface area contributed by atoms with Crippen molar-refractivity contribution in [3.05, 3.63) is 11.5 Å². The van der Waals surface area contributed by atoms with Crippen molar-refractivity contribution in [3.8, 4) is 0 Å². The summed E-state index contributed by atoms with van der Waals surface area (Å²) < 4.78 is 23.7. The smallest absolute Gasteiger partial charge is 0.198 e. The summed E-state index contributed by atoms with van der Waals surface area (Å²) in [7, 11) is 2.48. The number of hydrogen-bond acceptors (Lipinski definition) is 3. The molecular weight excluding hydrogens is 224 g/mol. The van der Waals surface area contributed by atoms with Crippen molar-refractivity contribution in [1.82, 2.24) is 4.90 Å². The van der Waals surface area contributed by atoms with Crippen molar-refractivity contribution < 1.29 is 25.4 Å². The minimum absolute atomic E-state index is 0. The van der Waals surface area contributed by atoms with Crippen molar-refractivity contribution in [2.75, 3.05) is 34.1 Å². The molecule has 0 heterocycles. The molecule has 0 bridgehead atoms. The molecule has 0 saturated carbocycles. The highest BCUT2D eigenvalue weighted by atomic mass is 35.5. The summed E-state index contributed by atoms with van der Waals surface area (Å²) in [6, 6.07) is 0. The van der Waals surface area contributed by atoms with E-state index in [9.17, 15) is 8.42 Å². The average molecular weight is 241 g/mol. The molecule has 14 heavy (non-hydrogen) atoms. The third-order valence-electron chi connectivity index (χ3n) is 1.35. The molecule has 0 saturated heterocycles. The van der Waals surface area contributed by atoms with Gasteiger partial charge in [0.05, 0.1) is 0 Å². The van der Waals surface area contributed by atoms with Gasteiger partial charge in [0, 0.05) is 6.26 Å². The van der Waals surface area contributed by atoms with Crippen molar-refractivity contribution in [3.63, 3.8) is 0 Å². The largest absolute Gasteiger partial charge is 1.00 e. The molecule has 0 rings (SSSR count). The van der Waals surface area contributed by atoms with E-state index in [4.69, 9.17) is 0 Å². The summed E-state index contributed by atoms with van der Waals surface area (Å²) in [4.78, 5) is 2.07. The highest BCUT2D eigenvalue weighted by Gasteiger charge is 2.10. The fourth-order valence-corrected chi connectivity index (χ4v) is 1.20. The maximum absolute atomic E-state index is 11.0. The van der Waals surface area contributed by atoms with E-state index < -0.39 is 9.84 Å². The molecule has 6 heteroatoms. The first-order chi connectivity index (χ1) is 5.73. The van der Waals surface area contributed by atoms with Crippen LogP contribution in [-0.2, 0) is 9.84 Å². The normalized spacial score (nSPS) is 12.5. The molecule has 0 aliphatic carbocycles. The van der Waals surface area contributed by atoms with Crippen molar-refractivity contribution in [1.29, 1.82) is 0 Å². The third kappa shape index (κ3) is 7.06. The maximum atomic E-state index is 11.0. The SMILES string of the molecule is C=C(/C=[N+](/C)CN(C)C)S(C)(=O)=O.[Cl-]. The Morgan fingerprint density at radius 2 is 1.93 bits per heavy atom. The van der Waals surface area contributed by atoms with Gasteiger partial charge in [0.2, 0.25) is 0 Å². The van der Waals surface area contributed by atoms with Gasteiger partial charge in [-0.3, -0.25) is 4.90 Å². The molecule has 0 N–H and O–H groups in total. The van der Waals surface area contributed by atoms with Gasteiger partial charge in [0.1, 0.15) is 12.0 Å². The summed E-state index contributed by atoms with van der Waals surface area (Å²) in [6.45, 7) is 4.13. The van der Waals surface area contributed by atoms with E-state index >= 15 is 0 Å². The molecule has 0 unspecified atom stereocenters. The second-order valence-electron chi connectivity index (χ2n) is 3.35. The minimum Gasteiger partial charge on any atom is -1.00 e. The molecule has 0 aromatic heterocycles. The Labute approximate surface area is 92.2 Å². The Kier molecular flexibility index (Phi) is 7.07. The zero-order chi connectivity index (χ0) is 10.6. The first kappa shape index (κ1) is 16.1. The Balaban J connectivity index is 0. The van der Waals surface area contributed by atoms with Crippen LogP contribution in [0.5, 0.6) is 0 Å². The van der Waals surface area contributed by atoms with Gasteiger partial charge in [-0.15, -0.1) is 0 Å². The van der Waals surface area contributed by atoms with Crippen LogP contribution in [0, 0.1) is 0 Å². The van der Waals surface area contributed by atoms with Gasteiger partial charge in [-0.2, -0.15) is 0 Å². The molecule has 4 nitrogen and oxygen atoms in total. The van der Waals surface area contributed by atoms with E-state index in [-0.39, 0.29) is 17.3 Å². The second-order valence-corrected chi connectivity index (χ2v) is 5.41. The van der Waals surface area contributed by atoms with E-state index in [2.05, 4.69) is 6.58 Å². The number of hydrogen-bond donors (Lipinski definition) is 0. The summed E-state index contributed by atoms with van der Waals surface area (Å²) in [5.41, 5.74) is 0. The number of rotatable bonds is 4. The van der Waals surface area contributed by atoms with Crippen LogP contribution in [0.2, 0.25) is 0 Å².